The van der Waals surface area contributed by atoms with E-state index in [0.717, 1.165) is 31.6 Å². The molecule has 29 heavy (non-hydrogen) atoms. The SMILES string of the molecule is CCCCCCCCC(CCCCCCCC)CCCC(=O)OC(=O)CCCC. The van der Waals surface area contributed by atoms with Gasteiger partial charge >= 0.3 is 11.9 Å². The lowest BCUT2D eigenvalue weighted by molar-refractivity contribution is -0.159. The Kier molecular flexibility index (Phi) is 21.2. The maximum Gasteiger partial charge on any atom is 0.313 e. The highest BCUT2D eigenvalue weighted by atomic mass is 16.6. The van der Waals surface area contributed by atoms with Crippen LogP contribution in [0.5, 0.6) is 0 Å². The Morgan fingerprint density at radius 2 is 0.897 bits per heavy atom. The molecule has 0 rings (SSSR count). The van der Waals surface area contributed by atoms with Crippen LogP contribution < -0.4 is 0 Å². The first-order valence-electron chi connectivity index (χ1n) is 12.9. The van der Waals surface area contributed by atoms with Crippen molar-refractivity contribution >= 4 is 11.9 Å². The smallest absolute Gasteiger partial charge is 0.313 e. The summed E-state index contributed by atoms with van der Waals surface area (Å²) in [5, 5.41) is 0. The summed E-state index contributed by atoms with van der Waals surface area (Å²) in [4.78, 5) is 23.4. The molecule has 0 aromatic rings. The Labute approximate surface area is 181 Å². The van der Waals surface area contributed by atoms with Gasteiger partial charge in [0.05, 0.1) is 0 Å². The van der Waals surface area contributed by atoms with Gasteiger partial charge in [0.2, 0.25) is 0 Å². The average Bonchev–Trinajstić information content (AvgIpc) is 2.70. The Bertz CT molecular complexity index is 362. The largest absolute Gasteiger partial charge is 0.393 e. The summed E-state index contributed by atoms with van der Waals surface area (Å²) < 4.78 is 4.93. The highest BCUT2D eigenvalue weighted by Gasteiger charge is 2.13. The fourth-order valence-corrected chi connectivity index (χ4v) is 3.94. The molecule has 0 amide bonds. The van der Waals surface area contributed by atoms with Crippen LogP contribution in [0.2, 0.25) is 0 Å². The van der Waals surface area contributed by atoms with E-state index < -0.39 is 0 Å². The lowest BCUT2D eigenvalue weighted by atomic mass is 9.90. The van der Waals surface area contributed by atoms with Gasteiger partial charge in [-0.2, -0.15) is 0 Å². The van der Waals surface area contributed by atoms with E-state index >= 15 is 0 Å². The molecule has 0 unspecified atom stereocenters. The molecule has 0 bridgehead atoms. The molecule has 0 saturated heterocycles. The average molecular weight is 411 g/mol. The molecule has 0 radical (unpaired) electrons. The predicted molar refractivity (Wildman–Crippen MR) is 124 cm³/mol. The van der Waals surface area contributed by atoms with Gasteiger partial charge in [-0.15, -0.1) is 0 Å². The van der Waals surface area contributed by atoms with Crippen LogP contribution in [0.4, 0.5) is 0 Å². The molecule has 0 N–H and O–H groups in total. The van der Waals surface area contributed by atoms with E-state index in [1.807, 2.05) is 6.92 Å². The third-order valence-electron chi connectivity index (χ3n) is 5.89. The maximum atomic E-state index is 11.9. The van der Waals surface area contributed by atoms with E-state index in [0.29, 0.717) is 12.8 Å². The van der Waals surface area contributed by atoms with Crippen LogP contribution in [0.1, 0.15) is 149 Å². The molecule has 0 aliphatic heterocycles. The van der Waals surface area contributed by atoms with E-state index in [9.17, 15) is 9.59 Å². The lowest BCUT2D eigenvalue weighted by Gasteiger charge is -2.17. The van der Waals surface area contributed by atoms with Crippen molar-refractivity contribution in [3.05, 3.63) is 0 Å². The highest BCUT2D eigenvalue weighted by molar-refractivity contribution is 5.85. The number of rotatable bonds is 21. The fourth-order valence-electron chi connectivity index (χ4n) is 3.94. The van der Waals surface area contributed by atoms with Crippen molar-refractivity contribution < 1.29 is 14.3 Å². The van der Waals surface area contributed by atoms with Crippen molar-refractivity contribution in [3.63, 3.8) is 0 Å². The fraction of sp³-hybridized carbons (Fsp3) is 0.923. The Morgan fingerprint density at radius 1 is 0.517 bits per heavy atom. The van der Waals surface area contributed by atoms with Crippen LogP contribution >= 0.6 is 0 Å². The van der Waals surface area contributed by atoms with Crippen LogP contribution in [0, 0.1) is 5.92 Å². The molecule has 0 aliphatic rings. The molecule has 172 valence electrons. The topological polar surface area (TPSA) is 43.4 Å². The summed E-state index contributed by atoms with van der Waals surface area (Å²) in [7, 11) is 0. The molecule has 0 atom stereocenters. The number of hydrogen-bond donors (Lipinski definition) is 0. The van der Waals surface area contributed by atoms with Gasteiger partial charge in [-0.25, -0.2) is 0 Å². The van der Waals surface area contributed by atoms with Gasteiger partial charge in [0.1, 0.15) is 0 Å². The van der Waals surface area contributed by atoms with Crippen LogP contribution in [-0.2, 0) is 14.3 Å². The molecule has 0 saturated carbocycles. The zero-order valence-corrected chi connectivity index (χ0v) is 19.9. The van der Waals surface area contributed by atoms with E-state index in [-0.39, 0.29) is 11.9 Å². The minimum atomic E-state index is -0.354. The maximum absolute atomic E-state index is 11.9. The van der Waals surface area contributed by atoms with Crippen molar-refractivity contribution in [1.82, 2.24) is 0 Å². The van der Waals surface area contributed by atoms with Gasteiger partial charge in [0.25, 0.3) is 0 Å². The van der Waals surface area contributed by atoms with Gasteiger partial charge in [-0.05, 0) is 25.2 Å². The third kappa shape index (κ3) is 20.2. The predicted octanol–water partition coefficient (Wildman–Crippen LogP) is 8.53. The molecular weight excluding hydrogens is 360 g/mol. The second-order valence-corrected chi connectivity index (χ2v) is 8.82. The summed E-state index contributed by atoms with van der Waals surface area (Å²) >= 11 is 0. The third-order valence-corrected chi connectivity index (χ3v) is 5.89. The number of esters is 2. The first-order valence-corrected chi connectivity index (χ1v) is 12.9. The molecule has 0 aliphatic carbocycles. The standard InChI is InChI=1S/C26H50O3/c1-4-7-10-12-14-16-19-24(20-17-15-13-11-8-5-2)21-18-23-26(28)29-25(27)22-9-6-3/h24H,4-23H2,1-3H3. The molecule has 0 heterocycles. The number of hydrogen-bond acceptors (Lipinski definition) is 3. The van der Waals surface area contributed by atoms with Gasteiger partial charge in [-0.1, -0.05) is 117 Å². The number of ether oxygens (including phenoxy) is 1. The Balaban J connectivity index is 4.07. The summed E-state index contributed by atoms with van der Waals surface area (Å²) in [6.07, 6.45) is 23.2. The second kappa shape index (κ2) is 21.8. The Hall–Kier alpha value is -0.860. The molecule has 3 heteroatoms. The first kappa shape index (κ1) is 28.1. The molecular formula is C26H50O3. The number of unbranched alkanes of at least 4 members (excludes halogenated alkanes) is 11. The van der Waals surface area contributed by atoms with E-state index in [4.69, 9.17) is 4.74 Å². The monoisotopic (exact) mass is 410 g/mol. The lowest BCUT2D eigenvalue weighted by Crippen LogP contribution is -2.12. The van der Waals surface area contributed by atoms with E-state index in [2.05, 4.69) is 13.8 Å². The first-order chi connectivity index (χ1) is 14.1. The normalized spacial score (nSPS) is 11.2. The molecule has 0 fully saturated rings. The summed E-state index contributed by atoms with van der Waals surface area (Å²) in [5.41, 5.74) is 0. The van der Waals surface area contributed by atoms with Crippen molar-refractivity contribution in [2.75, 3.05) is 0 Å². The van der Waals surface area contributed by atoms with Crippen molar-refractivity contribution in [3.8, 4) is 0 Å². The van der Waals surface area contributed by atoms with Crippen molar-refractivity contribution in [2.24, 2.45) is 5.92 Å². The van der Waals surface area contributed by atoms with Crippen LogP contribution in [0.15, 0.2) is 0 Å². The highest BCUT2D eigenvalue weighted by Crippen LogP contribution is 2.24. The number of carbonyl (C=O) groups is 2. The van der Waals surface area contributed by atoms with Gasteiger partial charge in [0, 0.05) is 12.8 Å². The van der Waals surface area contributed by atoms with Gasteiger partial charge in [-0.3, -0.25) is 9.59 Å². The molecule has 3 nitrogen and oxygen atoms in total. The second-order valence-electron chi connectivity index (χ2n) is 8.82. The zero-order chi connectivity index (χ0) is 21.6. The Morgan fingerprint density at radius 3 is 1.38 bits per heavy atom. The number of carbonyl (C=O) groups excluding carboxylic acids is 2. The van der Waals surface area contributed by atoms with E-state index in [1.54, 1.807) is 0 Å². The van der Waals surface area contributed by atoms with Crippen molar-refractivity contribution in [2.45, 2.75) is 149 Å². The quantitative estimate of drug-likeness (QED) is 0.108. The molecule has 0 aromatic heterocycles. The minimum Gasteiger partial charge on any atom is -0.393 e. The minimum absolute atomic E-state index is 0.330. The van der Waals surface area contributed by atoms with Gasteiger partial charge in [0.15, 0.2) is 0 Å². The molecule has 0 aromatic carbocycles. The van der Waals surface area contributed by atoms with Gasteiger partial charge < -0.3 is 4.74 Å². The van der Waals surface area contributed by atoms with E-state index in [1.165, 1.54) is 89.9 Å². The summed E-state index contributed by atoms with van der Waals surface area (Å²) in [5.74, 6) is 0.0486. The zero-order valence-electron chi connectivity index (χ0n) is 19.9. The molecule has 0 spiro atoms. The summed E-state index contributed by atoms with van der Waals surface area (Å²) in [6.45, 7) is 6.56. The van der Waals surface area contributed by atoms with Crippen LogP contribution in [0.3, 0.4) is 0 Å². The van der Waals surface area contributed by atoms with Crippen molar-refractivity contribution in [1.29, 1.82) is 0 Å². The van der Waals surface area contributed by atoms with Crippen LogP contribution in [-0.4, -0.2) is 11.9 Å². The summed E-state index contributed by atoms with van der Waals surface area (Å²) in [6, 6.07) is 0. The van der Waals surface area contributed by atoms with Crippen LogP contribution in [0.25, 0.3) is 0 Å².